The Morgan fingerprint density at radius 1 is 0.902 bits per heavy atom. The molecule has 0 fully saturated rings. The number of rotatable bonds is 7. The molecule has 0 spiro atoms. The molecule has 41 heavy (non-hydrogen) atoms. The minimum absolute atomic E-state index is 0.0108. The lowest BCUT2D eigenvalue weighted by Crippen LogP contribution is -2.15. The van der Waals surface area contributed by atoms with Crippen molar-refractivity contribution in [3.8, 4) is 16.9 Å². The van der Waals surface area contributed by atoms with Crippen LogP contribution in [-0.2, 0) is 21.4 Å². The van der Waals surface area contributed by atoms with Crippen molar-refractivity contribution in [3.05, 3.63) is 101 Å². The van der Waals surface area contributed by atoms with Crippen molar-refractivity contribution in [2.24, 2.45) is 0 Å². The molecule has 2 aromatic heterocycles. The third-order valence-corrected chi connectivity index (χ3v) is 8.45. The Hall–Kier alpha value is -4.70. The Kier molecular flexibility index (Phi) is 7.51. The van der Waals surface area contributed by atoms with Crippen molar-refractivity contribution in [3.63, 3.8) is 0 Å². The summed E-state index contributed by atoms with van der Waals surface area (Å²) >= 11 is 0. The largest absolute Gasteiger partial charge is 0.496 e. The molecule has 0 radical (unpaired) electrons. The number of ether oxygens (including phenoxy) is 2. The van der Waals surface area contributed by atoms with Gasteiger partial charge in [0.25, 0.3) is 10.0 Å². The quantitative estimate of drug-likeness (QED) is 0.243. The van der Waals surface area contributed by atoms with Crippen LogP contribution in [0.15, 0.2) is 78.0 Å². The van der Waals surface area contributed by atoms with Gasteiger partial charge in [-0.3, -0.25) is 10.3 Å². The molecule has 0 saturated heterocycles. The molecule has 0 atom stereocenters. The first kappa shape index (κ1) is 27.9. The Morgan fingerprint density at radius 2 is 1.66 bits per heavy atom. The maximum atomic E-state index is 13.4. The van der Waals surface area contributed by atoms with Crippen LogP contribution in [0.4, 0.5) is 10.5 Å². The second-order valence-corrected chi connectivity index (χ2v) is 11.7. The zero-order valence-corrected chi connectivity index (χ0v) is 24.2. The fraction of sp³-hybridized carbons (Fsp3) is 0.194. The van der Waals surface area contributed by atoms with E-state index in [2.05, 4.69) is 15.4 Å². The monoisotopic (exact) mass is 570 g/mol. The molecule has 1 N–H and O–H groups in total. The lowest BCUT2D eigenvalue weighted by molar-refractivity contribution is 0.153. The summed E-state index contributed by atoms with van der Waals surface area (Å²) in [7, 11) is -2.30. The van der Waals surface area contributed by atoms with Gasteiger partial charge in [-0.1, -0.05) is 35.9 Å². The van der Waals surface area contributed by atoms with E-state index in [0.29, 0.717) is 28.0 Å². The van der Waals surface area contributed by atoms with Crippen LogP contribution in [0, 0.1) is 27.7 Å². The summed E-state index contributed by atoms with van der Waals surface area (Å²) in [5.41, 5.74) is 6.75. The maximum absolute atomic E-state index is 13.4. The molecule has 0 bridgehead atoms. The van der Waals surface area contributed by atoms with E-state index in [4.69, 9.17) is 9.47 Å². The van der Waals surface area contributed by atoms with E-state index in [1.54, 1.807) is 43.6 Å². The van der Waals surface area contributed by atoms with Crippen LogP contribution >= 0.6 is 0 Å². The Bertz CT molecular complexity index is 1880. The average Bonchev–Trinajstić information content (AvgIpc) is 3.37. The number of nitrogens with one attached hydrogen (secondary N) is 1. The lowest BCUT2D eigenvalue weighted by atomic mass is 10.0. The number of nitrogens with zero attached hydrogens (tertiary/aromatic N) is 3. The van der Waals surface area contributed by atoms with E-state index in [-0.39, 0.29) is 11.5 Å². The van der Waals surface area contributed by atoms with E-state index in [1.165, 1.54) is 6.20 Å². The van der Waals surface area contributed by atoms with Crippen LogP contribution in [0.3, 0.4) is 0 Å². The molecule has 0 unspecified atom stereocenters. The highest BCUT2D eigenvalue weighted by Gasteiger charge is 2.21. The average molecular weight is 571 g/mol. The zero-order valence-electron chi connectivity index (χ0n) is 23.4. The van der Waals surface area contributed by atoms with Gasteiger partial charge < -0.3 is 9.47 Å². The van der Waals surface area contributed by atoms with Gasteiger partial charge in [-0.2, -0.15) is 17.6 Å². The number of hydrogen-bond acceptors (Lipinski definition) is 7. The molecule has 2 heterocycles. The number of carbonyl (C=O) groups is 1. The molecule has 9 nitrogen and oxygen atoms in total. The van der Waals surface area contributed by atoms with Gasteiger partial charge in [0.1, 0.15) is 12.4 Å². The van der Waals surface area contributed by atoms with E-state index in [1.807, 2.05) is 58.0 Å². The van der Waals surface area contributed by atoms with Gasteiger partial charge in [-0.15, -0.1) is 0 Å². The number of pyridine rings is 1. The molecular formula is C31H30N4O5S. The summed E-state index contributed by atoms with van der Waals surface area (Å²) in [4.78, 5) is 17.2. The standard InChI is InChI=1S/C31H30N4O5S/c1-19-6-10-27(11-7-19)41(37,38)35-29-15-23(8-9-24(29)17-33-35)25-12-20(2)13-26(14-25)34-31(36)40-18-28-22(4)30(39-5)21(3)16-32-28/h6-17H,18H2,1-5H3,(H,34,36). The molecular weight excluding hydrogens is 540 g/mol. The van der Waals surface area contributed by atoms with Crippen LogP contribution in [-0.4, -0.2) is 35.8 Å². The Labute approximate surface area is 238 Å². The van der Waals surface area contributed by atoms with E-state index in [0.717, 1.165) is 37.5 Å². The van der Waals surface area contributed by atoms with Gasteiger partial charge in [0, 0.05) is 28.4 Å². The number of benzene rings is 3. The lowest BCUT2D eigenvalue weighted by Gasteiger charge is -2.13. The smallest absolute Gasteiger partial charge is 0.412 e. The molecule has 1 amide bonds. The van der Waals surface area contributed by atoms with Gasteiger partial charge in [0.05, 0.1) is 29.4 Å². The number of hydrogen-bond donors (Lipinski definition) is 1. The summed E-state index contributed by atoms with van der Waals surface area (Å²) in [5, 5.41) is 7.66. The van der Waals surface area contributed by atoms with E-state index in [9.17, 15) is 13.2 Å². The number of aromatic nitrogens is 3. The van der Waals surface area contributed by atoms with Gasteiger partial charge in [0.15, 0.2) is 0 Å². The number of methoxy groups -OCH3 is 1. The first-order chi connectivity index (χ1) is 19.6. The van der Waals surface area contributed by atoms with Crippen LogP contribution in [0.25, 0.3) is 22.0 Å². The first-order valence-electron chi connectivity index (χ1n) is 12.9. The van der Waals surface area contributed by atoms with Crippen LogP contribution in [0.2, 0.25) is 0 Å². The normalized spacial score (nSPS) is 11.4. The fourth-order valence-corrected chi connectivity index (χ4v) is 5.97. The predicted octanol–water partition coefficient (Wildman–Crippen LogP) is 6.33. The highest BCUT2D eigenvalue weighted by molar-refractivity contribution is 7.90. The van der Waals surface area contributed by atoms with Crippen molar-refractivity contribution >= 4 is 32.7 Å². The van der Waals surface area contributed by atoms with Crippen molar-refractivity contribution in [1.29, 1.82) is 0 Å². The van der Waals surface area contributed by atoms with Gasteiger partial charge >= 0.3 is 6.09 Å². The van der Waals surface area contributed by atoms with Crippen molar-refractivity contribution < 1.29 is 22.7 Å². The van der Waals surface area contributed by atoms with E-state index >= 15 is 0 Å². The fourth-order valence-electron chi connectivity index (χ4n) is 4.70. The molecule has 10 heteroatoms. The van der Waals surface area contributed by atoms with Crippen molar-refractivity contribution in [2.75, 3.05) is 12.4 Å². The summed E-state index contributed by atoms with van der Waals surface area (Å²) in [6.07, 6.45) is 2.59. The number of aryl methyl sites for hydroxylation is 3. The number of anilines is 1. The second kappa shape index (κ2) is 11.1. The molecule has 0 aliphatic heterocycles. The molecule has 5 aromatic rings. The summed E-state index contributed by atoms with van der Waals surface area (Å²) in [6, 6.07) is 17.8. The minimum Gasteiger partial charge on any atom is -0.496 e. The molecule has 0 saturated carbocycles. The SMILES string of the molecule is COc1c(C)cnc(COC(=O)Nc2cc(C)cc(-c3ccc4cnn(S(=O)(=O)c5ccc(C)cc5)c4c3)c2)c1C. The minimum atomic E-state index is -3.89. The van der Waals surface area contributed by atoms with E-state index < -0.39 is 16.1 Å². The second-order valence-electron chi connectivity index (χ2n) is 9.91. The number of amides is 1. The molecule has 5 rings (SSSR count). The van der Waals surface area contributed by atoms with Crippen LogP contribution < -0.4 is 10.1 Å². The summed E-state index contributed by atoms with van der Waals surface area (Å²) < 4.78 is 38.6. The maximum Gasteiger partial charge on any atom is 0.412 e. The summed E-state index contributed by atoms with van der Waals surface area (Å²) in [6.45, 7) is 7.58. The number of carbonyl (C=O) groups excluding carboxylic acids is 1. The third kappa shape index (κ3) is 5.64. The van der Waals surface area contributed by atoms with Gasteiger partial charge in [0.2, 0.25) is 0 Å². The highest BCUT2D eigenvalue weighted by atomic mass is 32.2. The van der Waals surface area contributed by atoms with Crippen molar-refractivity contribution in [1.82, 2.24) is 14.2 Å². The molecule has 3 aromatic carbocycles. The zero-order chi connectivity index (χ0) is 29.3. The van der Waals surface area contributed by atoms with Crippen LogP contribution in [0.1, 0.15) is 27.9 Å². The first-order valence-corrected chi connectivity index (χ1v) is 14.4. The van der Waals surface area contributed by atoms with Crippen LogP contribution in [0.5, 0.6) is 5.75 Å². The highest BCUT2D eigenvalue weighted by Crippen LogP contribution is 2.30. The topological polar surface area (TPSA) is 112 Å². The Balaban J connectivity index is 1.39. The number of fused-ring (bicyclic) bond motifs is 1. The molecule has 0 aliphatic carbocycles. The van der Waals surface area contributed by atoms with Crippen molar-refractivity contribution in [2.45, 2.75) is 39.2 Å². The van der Waals surface area contributed by atoms with Gasteiger partial charge in [-0.25, -0.2) is 4.79 Å². The summed E-state index contributed by atoms with van der Waals surface area (Å²) in [5.74, 6) is 0.715. The third-order valence-electron chi connectivity index (χ3n) is 6.83. The Morgan fingerprint density at radius 3 is 2.39 bits per heavy atom. The molecule has 0 aliphatic rings. The molecule has 210 valence electrons. The van der Waals surface area contributed by atoms with Gasteiger partial charge in [-0.05, 0) is 74.7 Å². The predicted molar refractivity (Wildman–Crippen MR) is 158 cm³/mol.